The molecule has 0 aromatic carbocycles. The van der Waals surface area contributed by atoms with Crippen molar-refractivity contribution in [2.75, 3.05) is 7.05 Å². The van der Waals surface area contributed by atoms with Crippen LogP contribution >= 0.6 is 0 Å². The van der Waals surface area contributed by atoms with Crippen LogP contribution in [0.4, 0.5) is 4.79 Å². The predicted molar refractivity (Wildman–Crippen MR) is 35.1 cm³/mol. The average Bonchev–Trinajstić information content (AvgIpc) is 1.82. The Balaban J connectivity index is 2.76. The summed E-state index contributed by atoms with van der Waals surface area (Å²) in [6.07, 6.45) is 0.211. The number of hydrogen-bond acceptors (Lipinski definition) is 2. The molecule has 4 heteroatoms. The molecule has 0 radical (unpaired) electrons. The van der Waals surface area contributed by atoms with Crippen molar-refractivity contribution >= 4 is 11.9 Å². The maximum atomic E-state index is 10.8. The molecule has 4 nitrogen and oxygen atoms in total. The number of nitrogens with one attached hydrogen (secondary N) is 1. The van der Waals surface area contributed by atoms with E-state index in [1.165, 1.54) is 7.05 Å². The van der Waals surface area contributed by atoms with Crippen molar-refractivity contribution in [3.05, 3.63) is 12.3 Å². The van der Waals surface area contributed by atoms with Crippen LogP contribution in [-0.2, 0) is 4.79 Å². The normalized spacial score (nSPS) is 19.3. The summed E-state index contributed by atoms with van der Waals surface area (Å²) in [7, 11) is 1.43. The van der Waals surface area contributed by atoms with Crippen molar-refractivity contribution in [3.63, 3.8) is 0 Å². The Morgan fingerprint density at radius 3 is 2.70 bits per heavy atom. The van der Waals surface area contributed by atoms with Gasteiger partial charge in [0.25, 0.3) is 0 Å². The summed E-state index contributed by atoms with van der Waals surface area (Å²) in [5.41, 5.74) is 0.466. The average molecular weight is 140 g/mol. The second-order valence-corrected chi connectivity index (χ2v) is 2.16. The monoisotopic (exact) mass is 140 g/mol. The smallest absolute Gasteiger partial charge is 0.311 e. The fraction of sp³-hybridized carbons (Fsp3) is 0.333. The largest absolute Gasteiger partial charge is 0.328 e. The third-order valence-corrected chi connectivity index (χ3v) is 1.33. The lowest BCUT2D eigenvalue weighted by Gasteiger charge is -2.22. The van der Waals surface area contributed by atoms with Crippen LogP contribution in [0.25, 0.3) is 0 Å². The van der Waals surface area contributed by atoms with Crippen LogP contribution < -0.4 is 5.32 Å². The third kappa shape index (κ3) is 1.00. The Bertz CT molecular complexity index is 190. The van der Waals surface area contributed by atoms with E-state index in [9.17, 15) is 9.59 Å². The maximum Gasteiger partial charge on any atom is 0.328 e. The van der Waals surface area contributed by atoms with Gasteiger partial charge in [-0.15, -0.1) is 0 Å². The molecule has 0 atom stereocenters. The topological polar surface area (TPSA) is 49.4 Å². The maximum absolute atomic E-state index is 10.8. The molecule has 0 spiro atoms. The van der Waals surface area contributed by atoms with Crippen molar-refractivity contribution < 1.29 is 9.59 Å². The minimum Gasteiger partial charge on any atom is -0.311 e. The zero-order valence-electron chi connectivity index (χ0n) is 5.68. The molecule has 0 unspecified atom stereocenters. The highest BCUT2D eigenvalue weighted by Gasteiger charge is 2.23. The predicted octanol–water partition coefficient (Wildman–Crippen LogP) is 0.0718. The Labute approximate surface area is 58.5 Å². The first-order chi connectivity index (χ1) is 4.61. The number of imide groups is 1. The van der Waals surface area contributed by atoms with Crippen LogP contribution in [0, 0.1) is 0 Å². The van der Waals surface area contributed by atoms with Gasteiger partial charge in [-0.2, -0.15) is 0 Å². The van der Waals surface area contributed by atoms with Crippen LogP contribution in [0.1, 0.15) is 6.42 Å². The van der Waals surface area contributed by atoms with Gasteiger partial charge in [-0.1, -0.05) is 6.58 Å². The van der Waals surface area contributed by atoms with Crippen LogP contribution in [0.5, 0.6) is 0 Å². The van der Waals surface area contributed by atoms with Gasteiger partial charge >= 0.3 is 6.03 Å². The van der Waals surface area contributed by atoms with E-state index < -0.39 is 6.03 Å². The van der Waals surface area contributed by atoms with Crippen molar-refractivity contribution in [2.45, 2.75) is 6.42 Å². The van der Waals surface area contributed by atoms with Gasteiger partial charge in [0.15, 0.2) is 0 Å². The lowest BCUT2D eigenvalue weighted by atomic mass is 10.2. The highest BCUT2D eigenvalue weighted by atomic mass is 16.2. The lowest BCUT2D eigenvalue weighted by Crippen LogP contribution is -2.45. The molecule has 0 aromatic rings. The minimum atomic E-state index is -0.402. The summed E-state index contributed by atoms with van der Waals surface area (Å²) in [5, 5.41) is 2.43. The molecule has 1 heterocycles. The van der Waals surface area contributed by atoms with E-state index in [2.05, 4.69) is 11.9 Å². The molecular formula is C6H8N2O2. The third-order valence-electron chi connectivity index (χ3n) is 1.33. The number of rotatable bonds is 0. The van der Waals surface area contributed by atoms with Gasteiger partial charge in [-0.05, 0) is 0 Å². The number of carbonyl (C=O) groups is 2. The summed E-state index contributed by atoms with van der Waals surface area (Å²) in [5.74, 6) is -0.214. The number of nitrogens with zero attached hydrogens (tertiary/aromatic N) is 1. The molecule has 0 aromatic heterocycles. The van der Waals surface area contributed by atoms with Crippen LogP contribution in [-0.4, -0.2) is 23.9 Å². The van der Waals surface area contributed by atoms with Crippen molar-refractivity contribution in [3.8, 4) is 0 Å². The number of amides is 3. The molecular weight excluding hydrogens is 132 g/mol. The highest BCUT2D eigenvalue weighted by Crippen LogP contribution is 2.05. The molecule has 1 aliphatic heterocycles. The molecule has 1 N–H and O–H groups in total. The number of hydrogen-bond donors (Lipinski definition) is 1. The van der Waals surface area contributed by atoms with Crippen molar-refractivity contribution in [2.24, 2.45) is 0 Å². The van der Waals surface area contributed by atoms with Gasteiger partial charge < -0.3 is 5.32 Å². The molecule has 10 heavy (non-hydrogen) atoms. The van der Waals surface area contributed by atoms with Crippen LogP contribution in [0.15, 0.2) is 12.3 Å². The van der Waals surface area contributed by atoms with Gasteiger partial charge in [0.1, 0.15) is 0 Å². The van der Waals surface area contributed by atoms with E-state index >= 15 is 0 Å². The Morgan fingerprint density at radius 1 is 1.60 bits per heavy atom. The van der Waals surface area contributed by atoms with E-state index in [-0.39, 0.29) is 12.3 Å². The summed E-state index contributed by atoms with van der Waals surface area (Å²) < 4.78 is 0. The Morgan fingerprint density at radius 2 is 2.20 bits per heavy atom. The molecule has 54 valence electrons. The molecule has 1 aliphatic rings. The van der Waals surface area contributed by atoms with Gasteiger partial charge in [-0.3, -0.25) is 9.69 Å². The SMILES string of the molecule is C=C1CC(=O)N(C)C(=O)N1. The first-order valence-corrected chi connectivity index (χ1v) is 2.86. The van der Waals surface area contributed by atoms with Crippen LogP contribution in [0.2, 0.25) is 0 Å². The summed E-state index contributed by atoms with van der Waals surface area (Å²) in [6.45, 7) is 3.47. The van der Waals surface area contributed by atoms with E-state index in [0.717, 1.165) is 4.90 Å². The Kier molecular flexibility index (Phi) is 1.45. The number of carbonyl (C=O) groups excluding carboxylic acids is 2. The molecule has 0 aliphatic carbocycles. The molecule has 0 saturated carbocycles. The quantitative estimate of drug-likeness (QED) is 0.517. The summed E-state index contributed by atoms with van der Waals surface area (Å²) in [4.78, 5) is 22.6. The zero-order valence-corrected chi connectivity index (χ0v) is 5.68. The standard InChI is InChI=1S/C6H8N2O2/c1-4-3-5(9)8(2)6(10)7-4/h1,3H2,2H3,(H,7,10). The van der Waals surface area contributed by atoms with E-state index in [1.54, 1.807) is 0 Å². The lowest BCUT2D eigenvalue weighted by molar-refractivity contribution is -0.127. The zero-order chi connectivity index (χ0) is 7.72. The van der Waals surface area contributed by atoms with E-state index in [4.69, 9.17) is 0 Å². The molecule has 1 fully saturated rings. The molecule has 0 bridgehead atoms. The molecule has 3 amide bonds. The van der Waals surface area contributed by atoms with E-state index in [0.29, 0.717) is 5.70 Å². The number of urea groups is 1. The molecule has 1 saturated heterocycles. The van der Waals surface area contributed by atoms with Crippen LogP contribution in [0.3, 0.4) is 0 Å². The van der Waals surface area contributed by atoms with E-state index in [1.807, 2.05) is 0 Å². The molecule has 1 rings (SSSR count). The summed E-state index contributed by atoms with van der Waals surface area (Å²) in [6, 6.07) is -0.402. The minimum absolute atomic E-state index is 0.211. The van der Waals surface area contributed by atoms with Gasteiger partial charge in [-0.25, -0.2) is 4.79 Å². The first kappa shape index (κ1) is 6.80. The fourth-order valence-corrected chi connectivity index (χ4v) is 0.694. The summed E-state index contributed by atoms with van der Waals surface area (Å²) >= 11 is 0. The highest BCUT2D eigenvalue weighted by molar-refractivity contribution is 5.98. The van der Waals surface area contributed by atoms with Gasteiger partial charge in [0.05, 0.1) is 6.42 Å². The van der Waals surface area contributed by atoms with Crippen molar-refractivity contribution in [1.29, 1.82) is 0 Å². The second kappa shape index (κ2) is 2.13. The first-order valence-electron chi connectivity index (χ1n) is 2.86. The van der Waals surface area contributed by atoms with Gasteiger partial charge in [0.2, 0.25) is 5.91 Å². The second-order valence-electron chi connectivity index (χ2n) is 2.16. The fourth-order valence-electron chi connectivity index (χ4n) is 0.694. The van der Waals surface area contributed by atoms with Crippen molar-refractivity contribution in [1.82, 2.24) is 10.2 Å². The Hall–Kier alpha value is -1.32. The van der Waals surface area contributed by atoms with Gasteiger partial charge in [0, 0.05) is 12.7 Å².